The van der Waals surface area contributed by atoms with Gasteiger partial charge in [0.05, 0.1) is 12.3 Å². The molecule has 0 aliphatic carbocycles. The monoisotopic (exact) mass is 407 g/mol. The van der Waals surface area contributed by atoms with Gasteiger partial charge in [-0.25, -0.2) is 4.68 Å². The Labute approximate surface area is 177 Å². The van der Waals surface area contributed by atoms with E-state index in [2.05, 4.69) is 45.0 Å². The quantitative estimate of drug-likeness (QED) is 0.307. The molecule has 0 aliphatic heterocycles. The van der Waals surface area contributed by atoms with E-state index in [4.69, 9.17) is 9.47 Å². The Hall–Kier alpha value is -3.32. The number of aliphatic imine (C=N–C) groups is 1. The third-order valence-electron chi connectivity index (χ3n) is 4.57. The van der Waals surface area contributed by atoms with Crippen LogP contribution in [0.1, 0.15) is 11.1 Å². The van der Waals surface area contributed by atoms with Gasteiger partial charge in [-0.15, -0.1) is 0 Å². The van der Waals surface area contributed by atoms with E-state index < -0.39 is 0 Å². The Bertz CT molecular complexity index is 890. The van der Waals surface area contributed by atoms with Crippen LogP contribution >= 0.6 is 0 Å². The first-order chi connectivity index (χ1) is 14.8. The molecule has 0 atom stereocenters. The van der Waals surface area contributed by atoms with Gasteiger partial charge < -0.3 is 20.1 Å². The van der Waals surface area contributed by atoms with Crippen LogP contribution in [0.4, 0.5) is 0 Å². The molecular weight excluding hydrogens is 378 g/mol. The summed E-state index contributed by atoms with van der Waals surface area (Å²) < 4.78 is 12.4. The van der Waals surface area contributed by atoms with Crippen LogP contribution in [0.2, 0.25) is 0 Å². The second-order valence-electron chi connectivity index (χ2n) is 6.70. The number of guanidine groups is 1. The van der Waals surface area contributed by atoms with Gasteiger partial charge in [0.15, 0.2) is 5.96 Å². The summed E-state index contributed by atoms with van der Waals surface area (Å²) in [5, 5.41) is 10.9. The van der Waals surface area contributed by atoms with Crippen molar-refractivity contribution in [3.05, 3.63) is 78.1 Å². The first-order valence-electron chi connectivity index (χ1n) is 10.0. The number of benzene rings is 2. The number of rotatable bonds is 10. The molecular formula is C23H29N5O2. The Balaban J connectivity index is 1.39. The predicted molar refractivity (Wildman–Crippen MR) is 119 cm³/mol. The molecule has 0 radical (unpaired) electrons. The Morgan fingerprint density at radius 1 is 1.00 bits per heavy atom. The van der Waals surface area contributed by atoms with Crippen molar-refractivity contribution < 1.29 is 9.47 Å². The van der Waals surface area contributed by atoms with Gasteiger partial charge >= 0.3 is 0 Å². The smallest absolute Gasteiger partial charge is 0.191 e. The van der Waals surface area contributed by atoms with Crippen LogP contribution < -0.4 is 15.4 Å². The van der Waals surface area contributed by atoms with E-state index >= 15 is 0 Å². The Kier molecular flexibility index (Phi) is 8.29. The molecule has 1 aromatic heterocycles. The van der Waals surface area contributed by atoms with Crippen molar-refractivity contribution in [1.82, 2.24) is 20.4 Å². The van der Waals surface area contributed by atoms with E-state index in [1.54, 1.807) is 20.4 Å². The number of aromatic nitrogens is 2. The van der Waals surface area contributed by atoms with Gasteiger partial charge in [0, 0.05) is 39.6 Å². The Morgan fingerprint density at radius 2 is 1.77 bits per heavy atom. The van der Waals surface area contributed by atoms with Gasteiger partial charge in [-0.1, -0.05) is 24.3 Å². The van der Waals surface area contributed by atoms with Gasteiger partial charge in [-0.3, -0.25) is 4.99 Å². The van der Waals surface area contributed by atoms with Gasteiger partial charge in [0.2, 0.25) is 0 Å². The normalized spacial score (nSPS) is 11.3. The van der Waals surface area contributed by atoms with Crippen LogP contribution in [0.15, 0.2) is 72.0 Å². The molecule has 0 unspecified atom stereocenters. The fourth-order valence-electron chi connectivity index (χ4n) is 2.91. The summed E-state index contributed by atoms with van der Waals surface area (Å²) in [6, 6.07) is 18.4. The van der Waals surface area contributed by atoms with Crippen LogP contribution in [0, 0.1) is 0 Å². The average Bonchev–Trinajstić information content (AvgIpc) is 3.33. The summed E-state index contributed by atoms with van der Waals surface area (Å²) in [5.41, 5.74) is 3.48. The molecule has 0 aliphatic rings. The maximum Gasteiger partial charge on any atom is 0.191 e. The fraction of sp³-hybridized carbons (Fsp3) is 0.304. The lowest BCUT2D eigenvalue weighted by Crippen LogP contribution is -2.37. The van der Waals surface area contributed by atoms with Gasteiger partial charge in [0.25, 0.3) is 0 Å². The highest BCUT2D eigenvalue weighted by Gasteiger charge is 2.01. The van der Waals surface area contributed by atoms with Gasteiger partial charge in [-0.05, 0) is 47.9 Å². The predicted octanol–water partition coefficient (Wildman–Crippen LogP) is 2.81. The number of nitrogens with one attached hydrogen (secondary N) is 2. The van der Waals surface area contributed by atoms with E-state index in [9.17, 15) is 0 Å². The van der Waals surface area contributed by atoms with E-state index in [-0.39, 0.29) is 0 Å². The average molecular weight is 408 g/mol. The molecule has 2 aromatic carbocycles. The summed E-state index contributed by atoms with van der Waals surface area (Å²) in [5.74, 6) is 1.63. The molecule has 0 spiro atoms. The van der Waals surface area contributed by atoms with Crippen LogP contribution in [-0.2, 0) is 17.7 Å². The summed E-state index contributed by atoms with van der Waals surface area (Å²) in [6.45, 7) is 2.63. The maximum atomic E-state index is 5.59. The molecule has 30 heavy (non-hydrogen) atoms. The van der Waals surface area contributed by atoms with Crippen molar-refractivity contribution in [2.24, 2.45) is 4.99 Å². The van der Waals surface area contributed by atoms with Crippen LogP contribution in [0.3, 0.4) is 0 Å². The maximum absolute atomic E-state index is 5.59. The first kappa shape index (κ1) is 21.4. The highest BCUT2D eigenvalue weighted by molar-refractivity contribution is 5.79. The number of nitrogens with zero attached hydrogens (tertiary/aromatic N) is 3. The van der Waals surface area contributed by atoms with Crippen molar-refractivity contribution in [1.29, 1.82) is 0 Å². The third-order valence-corrected chi connectivity index (χ3v) is 4.57. The molecule has 3 aromatic rings. The van der Waals surface area contributed by atoms with Crippen molar-refractivity contribution in [2.45, 2.75) is 13.0 Å². The van der Waals surface area contributed by atoms with Gasteiger partial charge in [0.1, 0.15) is 12.4 Å². The lowest BCUT2D eigenvalue weighted by molar-refractivity contribution is 0.146. The van der Waals surface area contributed by atoms with Crippen molar-refractivity contribution in [3.8, 4) is 11.4 Å². The molecule has 0 amide bonds. The number of hydrogen-bond acceptors (Lipinski definition) is 4. The molecule has 7 nitrogen and oxygen atoms in total. The summed E-state index contributed by atoms with van der Waals surface area (Å²) >= 11 is 0. The minimum Gasteiger partial charge on any atom is -0.491 e. The van der Waals surface area contributed by atoms with Gasteiger partial charge in [-0.2, -0.15) is 5.10 Å². The first-order valence-corrected chi connectivity index (χ1v) is 10.0. The molecule has 2 N–H and O–H groups in total. The topological polar surface area (TPSA) is 72.7 Å². The zero-order valence-corrected chi connectivity index (χ0v) is 17.5. The zero-order chi connectivity index (χ0) is 21.0. The number of methoxy groups -OCH3 is 1. The van der Waals surface area contributed by atoms with Crippen molar-refractivity contribution in [2.75, 3.05) is 33.9 Å². The molecule has 0 fully saturated rings. The summed E-state index contributed by atoms with van der Waals surface area (Å²) in [7, 11) is 3.44. The molecule has 0 saturated carbocycles. The second-order valence-corrected chi connectivity index (χ2v) is 6.70. The molecule has 3 rings (SSSR count). The standard InChI is InChI=1S/C23H29N5O2/c1-24-23(26-18-20-6-10-22(11-7-20)30-17-16-29-2)25-14-12-19-4-8-21(9-5-19)28-15-3-13-27-28/h3-11,13,15H,12,14,16-18H2,1-2H3,(H2,24,25,26). The van der Waals surface area contributed by atoms with E-state index in [0.29, 0.717) is 19.8 Å². The minimum absolute atomic E-state index is 0.552. The van der Waals surface area contributed by atoms with E-state index in [1.165, 1.54) is 5.56 Å². The summed E-state index contributed by atoms with van der Waals surface area (Å²) in [4.78, 5) is 4.29. The van der Waals surface area contributed by atoms with Crippen LogP contribution in [0.25, 0.3) is 5.69 Å². The van der Waals surface area contributed by atoms with Crippen molar-refractivity contribution in [3.63, 3.8) is 0 Å². The van der Waals surface area contributed by atoms with E-state index in [0.717, 1.165) is 35.9 Å². The highest BCUT2D eigenvalue weighted by atomic mass is 16.5. The Morgan fingerprint density at radius 3 is 2.43 bits per heavy atom. The lowest BCUT2D eigenvalue weighted by Gasteiger charge is -2.13. The molecule has 0 saturated heterocycles. The largest absolute Gasteiger partial charge is 0.491 e. The van der Waals surface area contributed by atoms with E-state index in [1.807, 2.05) is 41.2 Å². The molecule has 0 bridgehead atoms. The lowest BCUT2D eigenvalue weighted by atomic mass is 10.1. The molecule has 158 valence electrons. The zero-order valence-electron chi connectivity index (χ0n) is 17.5. The molecule has 7 heteroatoms. The number of hydrogen-bond donors (Lipinski definition) is 2. The number of ether oxygens (including phenoxy) is 2. The summed E-state index contributed by atoms with van der Waals surface area (Å²) in [6.07, 6.45) is 4.63. The minimum atomic E-state index is 0.552. The van der Waals surface area contributed by atoms with Crippen LogP contribution in [-0.4, -0.2) is 49.7 Å². The van der Waals surface area contributed by atoms with Crippen molar-refractivity contribution >= 4 is 5.96 Å². The fourth-order valence-corrected chi connectivity index (χ4v) is 2.91. The SMILES string of the molecule is CN=C(NCCc1ccc(-n2cccn2)cc1)NCc1ccc(OCCOC)cc1. The van der Waals surface area contributed by atoms with Crippen LogP contribution in [0.5, 0.6) is 5.75 Å². The highest BCUT2D eigenvalue weighted by Crippen LogP contribution is 2.12. The third kappa shape index (κ3) is 6.63. The second kappa shape index (κ2) is 11.6. The molecule has 1 heterocycles.